The van der Waals surface area contributed by atoms with E-state index in [1.807, 2.05) is 49.8 Å². The molecule has 4 atom stereocenters. The summed E-state index contributed by atoms with van der Waals surface area (Å²) in [5.41, 5.74) is 2.28. The third-order valence-corrected chi connectivity index (χ3v) is 7.89. The van der Waals surface area contributed by atoms with Gasteiger partial charge in [-0.25, -0.2) is 15.1 Å². The van der Waals surface area contributed by atoms with Gasteiger partial charge in [0.25, 0.3) is 0 Å². The Balaban J connectivity index is 1.51. The third kappa shape index (κ3) is 6.90. The second-order valence-corrected chi connectivity index (χ2v) is 11.8. The third-order valence-electron chi connectivity index (χ3n) is 6.24. The number of carbonyl (C=O) groups excluding carboxylic acids is 1. The summed E-state index contributed by atoms with van der Waals surface area (Å²) in [5.74, 6) is -0.305. The van der Waals surface area contributed by atoms with E-state index in [-0.39, 0.29) is 24.5 Å². The summed E-state index contributed by atoms with van der Waals surface area (Å²) in [7, 11) is -0.160. The van der Waals surface area contributed by atoms with Crippen molar-refractivity contribution in [2.24, 2.45) is 11.1 Å². The van der Waals surface area contributed by atoms with E-state index < -0.39 is 22.3 Å². The molecular weight excluding hydrogens is 538 g/mol. The van der Waals surface area contributed by atoms with Crippen LogP contribution in [0.1, 0.15) is 45.2 Å². The molecule has 4 N–H and O–H groups in total. The van der Waals surface area contributed by atoms with Crippen LogP contribution in [0.2, 0.25) is 5.02 Å². The SMILES string of the molecule is CN(C)[C@H](c1cccc(Cl)c1)c1csc(C(=O)c2cncnc2N[C@@H]2C[C@H](COS(N)(=O)=O)[C@@H](O)C2)c1. The second-order valence-electron chi connectivity index (χ2n) is 9.20. The van der Waals surface area contributed by atoms with Crippen molar-refractivity contribution in [2.45, 2.75) is 31.0 Å². The maximum absolute atomic E-state index is 13.5. The van der Waals surface area contributed by atoms with Crippen molar-refractivity contribution in [1.82, 2.24) is 14.9 Å². The first kappa shape index (κ1) is 27.6. The number of thiophene rings is 1. The highest BCUT2D eigenvalue weighted by molar-refractivity contribution is 7.84. The summed E-state index contributed by atoms with van der Waals surface area (Å²) in [6.07, 6.45) is 2.78. The molecule has 0 unspecified atom stereocenters. The van der Waals surface area contributed by atoms with E-state index in [2.05, 4.69) is 24.4 Å². The van der Waals surface area contributed by atoms with E-state index in [1.54, 1.807) is 0 Å². The molecule has 13 heteroatoms. The van der Waals surface area contributed by atoms with Crippen LogP contribution in [0.25, 0.3) is 0 Å². The number of halogens is 1. The fourth-order valence-electron chi connectivity index (χ4n) is 4.60. The molecule has 0 spiro atoms. The molecular formula is C24H28ClN5O5S2. The van der Waals surface area contributed by atoms with E-state index in [1.165, 1.54) is 23.9 Å². The molecule has 2 aromatic heterocycles. The number of anilines is 1. The van der Waals surface area contributed by atoms with Crippen LogP contribution >= 0.6 is 22.9 Å². The van der Waals surface area contributed by atoms with Gasteiger partial charge < -0.3 is 10.4 Å². The molecule has 198 valence electrons. The molecule has 4 rings (SSSR count). The minimum atomic E-state index is -4.09. The topological polar surface area (TPSA) is 148 Å². The van der Waals surface area contributed by atoms with Crippen molar-refractivity contribution >= 4 is 44.8 Å². The van der Waals surface area contributed by atoms with Crippen molar-refractivity contribution in [3.63, 3.8) is 0 Å². The Labute approximate surface area is 224 Å². The van der Waals surface area contributed by atoms with Crippen molar-refractivity contribution < 1.29 is 22.5 Å². The first-order chi connectivity index (χ1) is 17.5. The summed E-state index contributed by atoms with van der Waals surface area (Å²) in [6, 6.07) is 9.17. The van der Waals surface area contributed by atoms with Crippen molar-refractivity contribution in [3.05, 3.63) is 74.8 Å². The van der Waals surface area contributed by atoms with Crippen LogP contribution in [0, 0.1) is 5.92 Å². The molecule has 0 radical (unpaired) electrons. The fourth-order valence-corrected chi connectivity index (χ4v) is 6.04. The lowest BCUT2D eigenvalue weighted by Gasteiger charge is -2.24. The van der Waals surface area contributed by atoms with Gasteiger partial charge in [-0.05, 0) is 61.6 Å². The van der Waals surface area contributed by atoms with Crippen LogP contribution < -0.4 is 10.5 Å². The molecule has 0 aliphatic heterocycles. The van der Waals surface area contributed by atoms with Gasteiger partial charge >= 0.3 is 10.3 Å². The van der Waals surface area contributed by atoms with E-state index in [9.17, 15) is 18.3 Å². The number of benzene rings is 1. The van der Waals surface area contributed by atoms with Crippen LogP contribution in [0.4, 0.5) is 5.82 Å². The van der Waals surface area contributed by atoms with Crippen LogP contribution in [0.3, 0.4) is 0 Å². The molecule has 10 nitrogen and oxygen atoms in total. The number of hydrogen-bond donors (Lipinski definition) is 3. The summed E-state index contributed by atoms with van der Waals surface area (Å²) in [5, 5.41) is 21.0. The number of rotatable bonds is 10. The average molecular weight is 566 g/mol. The number of hydrogen-bond acceptors (Lipinski definition) is 10. The highest BCUT2D eigenvalue weighted by Crippen LogP contribution is 2.34. The van der Waals surface area contributed by atoms with Crippen molar-refractivity contribution in [1.29, 1.82) is 0 Å². The van der Waals surface area contributed by atoms with Crippen LogP contribution in [0.5, 0.6) is 0 Å². The van der Waals surface area contributed by atoms with Gasteiger partial charge in [-0.2, -0.15) is 8.42 Å². The van der Waals surface area contributed by atoms with Gasteiger partial charge in [0.2, 0.25) is 5.78 Å². The van der Waals surface area contributed by atoms with Crippen LogP contribution in [0.15, 0.2) is 48.2 Å². The zero-order chi connectivity index (χ0) is 26.7. The average Bonchev–Trinajstić information content (AvgIpc) is 3.44. The van der Waals surface area contributed by atoms with E-state index in [4.69, 9.17) is 16.7 Å². The monoisotopic (exact) mass is 565 g/mol. The first-order valence-corrected chi connectivity index (χ1v) is 14.2. The number of nitrogens with two attached hydrogens (primary N) is 1. The number of nitrogens with one attached hydrogen (secondary N) is 1. The van der Waals surface area contributed by atoms with Gasteiger partial charge in [-0.1, -0.05) is 23.7 Å². The Morgan fingerprint density at radius 2 is 2.11 bits per heavy atom. The van der Waals surface area contributed by atoms with Crippen molar-refractivity contribution in [3.8, 4) is 0 Å². The summed E-state index contributed by atoms with van der Waals surface area (Å²) < 4.78 is 26.8. The fraction of sp³-hybridized carbons (Fsp3) is 0.375. The van der Waals surface area contributed by atoms with Gasteiger partial charge in [0, 0.05) is 23.2 Å². The van der Waals surface area contributed by atoms with Gasteiger partial charge in [0.05, 0.1) is 29.2 Å². The van der Waals surface area contributed by atoms with E-state index >= 15 is 0 Å². The molecule has 2 heterocycles. The normalized spacial score (nSPS) is 20.8. The highest BCUT2D eigenvalue weighted by atomic mass is 35.5. The number of aliphatic hydroxyl groups is 1. The molecule has 37 heavy (non-hydrogen) atoms. The van der Waals surface area contributed by atoms with Crippen LogP contribution in [-0.4, -0.2) is 67.0 Å². The maximum atomic E-state index is 13.5. The number of aliphatic hydroxyl groups excluding tert-OH is 1. The molecule has 1 saturated carbocycles. The summed E-state index contributed by atoms with van der Waals surface area (Å²) in [4.78, 5) is 24.4. The largest absolute Gasteiger partial charge is 0.393 e. The zero-order valence-electron chi connectivity index (χ0n) is 20.2. The number of ketones is 1. The Morgan fingerprint density at radius 1 is 1.32 bits per heavy atom. The Kier molecular flexibility index (Phi) is 8.59. The molecule has 0 bridgehead atoms. The summed E-state index contributed by atoms with van der Waals surface area (Å²) >= 11 is 7.55. The standard InChI is InChI=1S/C24H28ClN5O5S2/c1-30(2)22(14-4-3-5-17(25)6-14)16-8-21(36-12-16)23(32)19-10-27-13-28-24(19)29-18-7-15(20(31)9-18)11-35-37(26,33)34/h3-6,8,10,12-13,15,18,20,22,31H,7,9,11H2,1-2H3,(H2,26,33,34)(H,27,28,29)/t15-,18-,20+,22-/m1/s1. The Hall–Kier alpha value is -2.45. The maximum Gasteiger partial charge on any atom is 0.333 e. The molecule has 0 amide bonds. The summed E-state index contributed by atoms with van der Waals surface area (Å²) in [6.45, 7) is -0.217. The highest BCUT2D eigenvalue weighted by Gasteiger charge is 2.35. The van der Waals surface area contributed by atoms with Gasteiger partial charge in [0.15, 0.2) is 0 Å². The molecule has 1 aromatic carbocycles. The predicted molar refractivity (Wildman–Crippen MR) is 142 cm³/mol. The predicted octanol–water partition coefficient (Wildman–Crippen LogP) is 2.85. The van der Waals surface area contributed by atoms with Gasteiger partial charge in [-0.3, -0.25) is 13.9 Å². The van der Waals surface area contributed by atoms with Gasteiger partial charge in [0.1, 0.15) is 12.1 Å². The lowest BCUT2D eigenvalue weighted by Crippen LogP contribution is -2.24. The quantitative estimate of drug-likeness (QED) is 0.315. The Bertz CT molecular complexity index is 1370. The smallest absolute Gasteiger partial charge is 0.333 e. The lowest BCUT2D eigenvalue weighted by molar-refractivity contribution is 0.101. The number of carbonyl (C=O) groups is 1. The molecule has 1 aliphatic rings. The molecule has 1 fully saturated rings. The minimum absolute atomic E-state index is 0.0856. The van der Waals surface area contributed by atoms with Gasteiger partial charge in [-0.15, -0.1) is 11.3 Å². The second kappa shape index (κ2) is 11.5. The van der Waals surface area contributed by atoms with E-state index in [0.717, 1.165) is 11.1 Å². The molecule has 0 saturated heterocycles. The zero-order valence-corrected chi connectivity index (χ0v) is 22.6. The minimum Gasteiger partial charge on any atom is -0.393 e. The van der Waals surface area contributed by atoms with E-state index in [0.29, 0.717) is 34.1 Å². The molecule has 3 aromatic rings. The number of nitrogens with zero attached hydrogens (tertiary/aromatic N) is 3. The lowest BCUT2D eigenvalue weighted by atomic mass is 9.99. The number of aromatic nitrogens is 2. The van der Waals surface area contributed by atoms with Crippen LogP contribution in [-0.2, 0) is 14.5 Å². The first-order valence-electron chi connectivity index (χ1n) is 11.5. The Morgan fingerprint density at radius 3 is 2.81 bits per heavy atom. The molecule has 1 aliphatic carbocycles. The van der Waals surface area contributed by atoms with Crippen molar-refractivity contribution in [2.75, 3.05) is 26.0 Å².